The van der Waals surface area contributed by atoms with Gasteiger partial charge >= 0.3 is 0 Å². The van der Waals surface area contributed by atoms with Crippen LogP contribution in [0.3, 0.4) is 0 Å². The summed E-state index contributed by atoms with van der Waals surface area (Å²) in [6, 6.07) is 0. The Hall–Kier alpha value is -0.170. The van der Waals surface area contributed by atoms with E-state index in [1.807, 2.05) is 6.92 Å². The van der Waals surface area contributed by atoms with Crippen LogP contribution in [-0.2, 0) is 19.1 Å². The van der Waals surface area contributed by atoms with Gasteiger partial charge in [0.25, 0.3) is 10.1 Å². The van der Waals surface area contributed by atoms with Gasteiger partial charge in [-0.2, -0.15) is 18.2 Å². The van der Waals surface area contributed by atoms with Gasteiger partial charge in [-0.1, -0.05) is 0 Å². The molecule has 68 valence electrons. The molecule has 5 nitrogen and oxygen atoms in total. The smallest absolute Gasteiger partial charge is 0.280 e. The molecule has 0 aliphatic carbocycles. The molecule has 1 N–H and O–H groups in total. The molecule has 0 aliphatic rings. The zero-order valence-electron chi connectivity index (χ0n) is 6.66. The van der Waals surface area contributed by atoms with Crippen molar-refractivity contribution in [2.45, 2.75) is 6.92 Å². The summed E-state index contributed by atoms with van der Waals surface area (Å²) in [7, 11) is -3.38. The Morgan fingerprint density at radius 2 is 2.09 bits per heavy atom. The van der Waals surface area contributed by atoms with Crippen LogP contribution in [-0.4, -0.2) is 34.4 Å². The predicted molar refractivity (Wildman–Crippen MR) is 40.4 cm³/mol. The van der Waals surface area contributed by atoms with Crippen LogP contribution in [0, 0.1) is 0 Å². The molecule has 0 amide bonds. The number of ether oxygens (including phenoxy) is 1. The van der Waals surface area contributed by atoms with E-state index in [9.17, 15) is 8.42 Å². The van der Waals surface area contributed by atoms with Crippen molar-refractivity contribution in [3.63, 3.8) is 0 Å². The maximum atomic E-state index is 10.3. The topological polar surface area (TPSA) is 64.6 Å². The van der Waals surface area contributed by atoms with Crippen LogP contribution in [0.2, 0.25) is 0 Å². The average Bonchev–Trinajstić information content (AvgIpc) is 1.85. The summed E-state index contributed by atoms with van der Waals surface area (Å²) >= 11 is 0. The van der Waals surface area contributed by atoms with Crippen LogP contribution < -0.4 is 5.48 Å². The molecule has 0 atom stereocenters. The van der Waals surface area contributed by atoms with E-state index in [2.05, 4.69) is 9.76 Å². The first-order valence-corrected chi connectivity index (χ1v) is 5.07. The van der Waals surface area contributed by atoms with Gasteiger partial charge in [0.1, 0.15) is 0 Å². The second kappa shape index (κ2) is 5.48. The number of nitrogens with one attached hydrogen (secondary N) is 1. The summed E-state index contributed by atoms with van der Waals surface area (Å²) in [6.07, 6.45) is 0.973. The SMILES string of the molecule is CCOCCNOS(C)(=O)=O. The van der Waals surface area contributed by atoms with Crippen molar-refractivity contribution in [1.29, 1.82) is 0 Å². The molecule has 0 aromatic carbocycles. The molecule has 0 aromatic rings. The van der Waals surface area contributed by atoms with Gasteiger partial charge in [0.05, 0.1) is 12.9 Å². The van der Waals surface area contributed by atoms with Crippen molar-refractivity contribution in [1.82, 2.24) is 5.48 Å². The zero-order valence-corrected chi connectivity index (χ0v) is 7.48. The van der Waals surface area contributed by atoms with Crippen molar-refractivity contribution < 1.29 is 17.4 Å². The summed E-state index contributed by atoms with van der Waals surface area (Å²) in [6.45, 7) is 3.27. The monoisotopic (exact) mass is 183 g/mol. The lowest BCUT2D eigenvalue weighted by Crippen LogP contribution is -2.23. The predicted octanol–water partition coefficient (Wildman–Crippen LogP) is -0.496. The number of rotatable bonds is 6. The standard InChI is InChI=1S/C5H13NO4S/c1-3-9-5-4-6-10-11(2,7)8/h6H,3-5H2,1-2H3. The molecule has 0 saturated carbocycles. The lowest BCUT2D eigenvalue weighted by Gasteiger charge is -2.02. The van der Waals surface area contributed by atoms with Crippen molar-refractivity contribution in [2.75, 3.05) is 26.0 Å². The number of hydroxylamine groups is 1. The first-order valence-electron chi connectivity index (χ1n) is 3.25. The average molecular weight is 183 g/mol. The fraction of sp³-hybridized carbons (Fsp3) is 1.00. The Bertz CT molecular complexity index is 177. The molecule has 11 heavy (non-hydrogen) atoms. The van der Waals surface area contributed by atoms with Gasteiger partial charge in [-0.3, -0.25) is 0 Å². The zero-order chi connectivity index (χ0) is 8.74. The van der Waals surface area contributed by atoms with Crippen LogP contribution in [0.1, 0.15) is 6.92 Å². The molecular weight excluding hydrogens is 170 g/mol. The number of hydrogen-bond donors (Lipinski definition) is 1. The minimum absolute atomic E-state index is 0.362. The minimum atomic E-state index is -3.38. The van der Waals surface area contributed by atoms with Crippen molar-refractivity contribution in [2.24, 2.45) is 0 Å². The van der Waals surface area contributed by atoms with Gasteiger partial charge in [-0.15, -0.1) is 0 Å². The summed E-state index contributed by atoms with van der Waals surface area (Å²) in [5.74, 6) is 0. The molecule has 0 aliphatic heterocycles. The Morgan fingerprint density at radius 1 is 1.45 bits per heavy atom. The first kappa shape index (κ1) is 10.8. The minimum Gasteiger partial charge on any atom is -0.380 e. The molecule has 0 spiro atoms. The van der Waals surface area contributed by atoms with Crippen molar-refractivity contribution in [3.8, 4) is 0 Å². The van der Waals surface area contributed by atoms with Gasteiger partial charge in [-0.25, -0.2) is 0 Å². The molecular formula is C5H13NO4S. The van der Waals surface area contributed by atoms with Crippen LogP contribution in [0.4, 0.5) is 0 Å². The van der Waals surface area contributed by atoms with E-state index in [1.54, 1.807) is 0 Å². The molecule has 6 heteroatoms. The first-order chi connectivity index (χ1) is 5.06. The third-order valence-corrected chi connectivity index (χ3v) is 1.18. The van der Waals surface area contributed by atoms with E-state index in [1.165, 1.54) is 0 Å². The van der Waals surface area contributed by atoms with Crippen LogP contribution >= 0.6 is 0 Å². The van der Waals surface area contributed by atoms with E-state index in [4.69, 9.17) is 4.74 Å². The number of hydrogen-bond acceptors (Lipinski definition) is 5. The van der Waals surface area contributed by atoms with E-state index in [-0.39, 0.29) is 0 Å². The molecule has 0 rings (SSSR count). The Kier molecular flexibility index (Phi) is 5.39. The van der Waals surface area contributed by atoms with Gasteiger partial charge in [0, 0.05) is 13.2 Å². The van der Waals surface area contributed by atoms with E-state index < -0.39 is 10.1 Å². The summed E-state index contributed by atoms with van der Waals surface area (Å²) in [5.41, 5.74) is 2.25. The third kappa shape index (κ3) is 9.83. The quantitative estimate of drug-likeness (QED) is 0.444. The van der Waals surface area contributed by atoms with Crippen molar-refractivity contribution >= 4 is 10.1 Å². The van der Waals surface area contributed by atoms with Crippen LogP contribution in [0.15, 0.2) is 0 Å². The lowest BCUT2D eigenvalue weighted by atomic mass is 10.7. The molecule has 0 fully saturated rings. The van der Waals surface area contributed by atoms with Crippen LogP contribution in [0.25, 0.3) is 0 Å². The fourth-order valence-electron chi connectivity index (χ4n) is 0.407. The fourth-order valence-corrected chi connectivity index (χ4v) is 0.704. The molecule has 0 aromatic heterocycles. The Labute approximate surface area is 66.8 Å². The van der Waals surface area contributed by atoms with E-state index in [0.717, 1.165) is 6.26 Å². The maximum Gasteiger partial charge on any atom is 0.280 e. The highest BCUT2D eigenvalue weighted by Gasteiger charge is 1.98. The molecule has 0 unspecified atom stereocenters. The van der Waals surface area contributed by atoms with Gasteiger partial charge in [-0.05, 0) is 6.92 Å². The maximum absolute atomic E-state index is 10.3. The Morgan fingerprint density at radius 3 is 2.55 bits per heavy atom. The van der Waals surface area contributed by atoms with Gasteiger partial charge in [0.2, 0.25) is 0 Å². The molecule has 0 bridgehead atoms. The van der Waals surface area contributed by atoms with Crippen LogP contribution in [0.5, 0.6) is 0 Å². The summed E-state index contributed by atoms with van der Waals surface area (Å²) in [5, 5.41) is 0. The normalized spacial score (nSPS) is 11.8. The largest absolute Gasteiger partial charge is 0.380 e. The lowest BCUT2D eigenvalue weighted by molar-refractivity contribution is 0.113. The summed E-state index contributed by atoms with van der Waals surface area (Å²) < 4.78 is 29.8. The Balaban J connectivity index is 3.16. The highest BCUT2D eigenvalue weighted by Crippen LogP contribution is 1.79. The second-order valence-electron chi connectivity index (χ2n) is 1.88. The highest BCUT2D eigenvalue weighted by molar-refractivity contribution is 7.85. The molecule has 0 saturated heterocycles. The highest BCUT2D eigenvalue weighted by atomic mass is 32.2. The third-order valence-electron chi connectivity index (χ3n) is 0.763. The summed E-state index contributed by atoms with van der Waals surface area (Å²) in [4.78, 5) is 0. The van der Waals surface area contributed by atoms with E-state index >= 15 is 0 Å². The molecule has 0 heterocycles. The van der Waals surface area contributed by atoms with E-state index in [0.29, 0.717) is 19.8 Å². The molecule has 0 radical (unpaired) electrons. The van der Waals surface area contributed by atoms with Gasteiger partial charge < -0.3 is 4.74 Å². The second-order valence-corrected chi connectivity index (χ2v) is 3.45. The van der Waals surface area contributed by atoms with Gasteiger partial charge in [0.15, 0.2) is 0 Å². The van der Waals surface area contributed by atoms with Crippen molar-refractivity contribution in [3.05, 3.63) is 0 Å².